The summed E-state index contributed by atoms with van der Waals surface area (Å²) in [5.41, 5.74) is 1.10. The van der Waals surface area contributed by atoms with E-state index in [-0.39, 0.29) is 16.9 Å². The van der Waals surface area contributed by atoms with Gasteiger partial charge in [0, 0.05) is 17.6 Å². The predicted octanol–water partition coefficient (Wildman–Crippen LogP) is 4.99. The van der Waals surface area contributed by atoms with Crippen molar-refractivity contribution in [2.75, 3.05) is 10.6 Å². The van der Waals surface area contributed by atoms with Gasteiger partial charge in [-0.1, -0.05) is 22.9 Å². The van der Waals surface area contributed by atoms with Gasteiger partial charge in [-0.3, -0.25) is 5.32 Å². The number of aryl methyl sites for hydroxylation is 1. The largest absolute Gasteiger partial charge is 0.418 e. The maximum Gasteiger partial charge on any atom is 0.418 e. The molecule has 1 amide bonds. The Kier molecular flexibility index (Phi) is 5.11. The molecule has 2 aromatic heterocycles. The maximum atomic E-state index is 13.0. The van der Waals surface area contributed by atoms with Gasteiger partial charge in [0.1, 0.15) is 11.0 Å². The summed E-state index contributed by atoms with van der Waals surface area (Å²) in [6, 6.07) is 8.89. The molecule has 0 bridgehead atoms. The molecule has 0 fully saturated rings. The highest BCUT2D eigenvalue weighted by Gasteiger charge is 2.15. The molecule has 6 nitrogen and oxygen atoms in total. The second-order valence-electron chi connectivity index (χ2n) is 4.88. The number of hydrogen-bond donors (Lipinski definition) is 2. The van der Waals surface area contributed by atoms with Gasteiger partial charge in [0.15, 0.2) is 5.00 Å². The van der Waals surface area contributed by atoms with Crippen LogP contribution in [0.5, 0.6) is 5.88 Å². The van der Waals surface area contributed by atoms with Crippen molar-refractivity contribution in [3.63, 3.8) is 0 Å². The zero-order valence-electron chi connectivity index (χ0n) is 12.9. The molecule has 3 aromatic rings. The smallest absolute Gasteiger partial charge is 0.388 e. The summed E-state index contributed by atoms with van der Waals surface area (Å²) in [6.07, 6.45) is 0.752. The highest BCUT2D eigenvalue weighted by atomic mass is 35.5. The topological polar surface area (TPSA) is 76.1 Å². The van der Waals surface area contributed by atoms with Crippen LogP contribution in [0.15, 0.2) is 42.6 Å². The standard InChI is InChI=1S/C16H12ClFN4O2S/c1-9-20-14(15(25-9)21-11-4-2-10(18)3-5-11)24-16(23)22-12-6-7-19-13(17)8-12/h2-8,21H,1H3,(H,19,22,23). The van der Waals surface area contributed by atoms with Gasteiger partial charge in [-0.25, -0.2) is 19.2 Å². The number of ether oxygens (including phenoxy) is 1. The molecule has 0 aliphatic carbocycles. The number of benzene rings is 1. The van der Waals surface area contributed by atoms with Gasteiger partial charge in [0.05, 0.1) is 5.01 Å². The zero-order chi connectivity index (χ0) is 17.8. The van der Waals surface area contributed by atoms with E-state index in [2.05, 4.69) is 20.6 Å². The predicted molar refractivity (Wildman–Crippen MR) is 95.4 cm³/mol. The van der Waals surface area contributed by atoms with Crippen LogP contribution in [0.1, 0.15) is 5.01 Å². The van der Waals surface area contributed by atoms with Gasteiger partial charge in [0.2, 0.25) is 0 Å². The fourth-order valence-electron chi connectivity index (χ4n) is 1.93. The lowest BCUT2D eigenvalue weighted by atomic mass is 10.3. The van der Waals surface area contributed by atoms with E-state index in [9.17, 15) is 9.18 Å². The Balaban J connectivity index is 1.72. The van der Waals surface area contributed by atoms with E-state index in [4.69, 9.17) is 16.3 Å². The van der Waals surface area contributed by atoms with Crippen molar-refractivity contribution in [3.8, 4) is 5.88 Å². The second kappa shape index (κ2) is 7.45. The lowest BCUT2D eigenvalue weighted by molar-refractivity contribution is 0.214. The molecule has 9 heteroatoms. The average molecular weight is 379 g/mol. The van der Waals surface area contributed by atoms with Crippen molar-refractivity contribution in [3.05, 3.63) is 58.6 Å². The quantitative estimate of drug-likeness (QED) is 0.625. The Morgan fingerprint density at radius 2 is 2.00 bits per heavy atom. The van der Waals surface area contributed by atoms with Crippen molar-refractivity contribution < 1.29 is 13.9 Å². The van der Waals surface area contributed by atoms with Gasteiger partial charge in [-0.05, 0) is 43.3 Å². The lowest BCUT2D eigenvalue weighted by Gasteiger charge is -2.08. The summed E-state index contributed by atoms with van der Waals surface area (Å²) in [7, 11) is 0. The van der Waals surface area contributed by atoms with E-state index in [0.717, 1.165) is 0 Å². The van der Waals surface area contributed by atoms with Gasteiger partial charge < -0.3 is 10.1 Å². The van der Waals surface area contributed by atoms with E-state index in [0.29, 0.717) is 21.4 Å². The van der Waals surface area contributed by atoms with Crippen LogP contribution in [0.3, 0.4) is 0 Å². The number of aromatic nitrogens is 2. The highest BCUT2D eigenvalue weighted by molar-refractivity contribution is 7.16. The minimum absolute atomic E-state index is 0.129. The second-order valence-corrected chi connectivity index (χ2v) is 6.47. The summed E-state index contributed by atoms with van der Waals surface area (Å²) in [6.45, 7) is 1.79. The number of thiazole rings is 1. The highest BCUT2D eigenvalue weighted by Crippen LogP contribution is 2.33. The van der Waals surface area contributed by atoms with Crippen LogP contribution in [0.25, 0.3) is 0 Å². The molecule has 2 N–H and O–H groups in total. The van der Waals surface area contributed by atoms with Gasteiger partial charge in [-0.15, -0.1) is 0 Å². The number of amides is 1. The first-order valence-corrected chi connectivity index (χ1v) is 8.29. The summed E-state index contributed by atoms with van der Waals surface area (Å²) in [5.74, 6) is -0.206. The summed E-state index contributed by atoms with van der Waals surface area (Å²) in [5, 5.41) is 7.09. The first-order chi connectivity index (χ1) is 12.0. The molecule has 0 saturated heterocycles. The molecule has 0 aliphatic rings. The van der Waals surface area contributed by atoms with Crippen LogP contribution >= 0.6 is 22.9 Å². The summed E-state index contributed by atoms with van der Waals surface area (Å²) in [4.78, 5) is 20.1. The maximum absolute atomic E-state index is 13.0. The van der Waals surface area contributed by atoms with Crippen molar-refractivity contribution in [2.45, 2.75) is 6.92 Å². The minimum Gasteiger partial charge on any atom is -0.388 e. The van der Waals surface area contributed by atoms with Crippen LogP contribution in [0, 0.1) is 12.7 Å². The number of carbonyl (C=O) groups excluding carboxylic acids is 1. The molecule has 25 heavy (non-hydrogen) atoms. The molecule has 0 saturated carbocycles. The van der Waals surface area contributed by atoms with Crippen LogP contribution in [-0.4, -0.2) is 16.1 Å². The Morgan fingerprint density at radius 3 is 2.72 bits per heavy atom. The Bertz CT molecular complexity index is 901. The third-order valence-corrected chi connectivity index (χ3v) is 4.04. The van der Waals surface area contributed by atoms with Crippen LogP contribution in [-0.2, 0) is 0 Å². The van der Waals surface area contributed by atoms with E-state index < -0.39 is 6.09 Å². The zero-order valence-corrected chi connectivity index (χ0v) is 14.5. The molecule has 0 atom stereocenters. The van der Waals surface area contributed by atoms with Crippen molar-refractivity contribution in [2.24, 2.45) is 0 Å². The molecule has 128 valence electrons. The monoisotopic (exact) mass is 378 g/mol. The molecule has 0 aliphatic heterocycles. The number of nitrogens with one attached hydrogen (secondary N) is 2. The van der Waals surface area contributed by atoms with Crippen molar-refractivity contribution >= 4 is 45.4 Å². The number of carbonyl (C=O) groups is 1. The summed E-state index contributed by atoms with van der Waals surface area (Å²) < 4.78 is 18.2. The van der Waals surface area contributed by atoms with Crippen molar-refractivity contribution in [1.29, 1.82) is 0 Å². The molecule has 0 unspecified atom stereocenters. The Hall–Kier alpha value is -2.71. The first kappa shape index (κ1) is 17.1. The van der Waals surface area contributed by atoms with Crippen molar-refractivity contribution in [1.82, 2.24) is 9.97 Å². The Morgan fingerprint density at radius 1 is 1.24 bits per heavy atom. The Labute approximate surface area is 151 Å². The number of nitrogens with zero attached hydrogens (tertiary/aromatic N) is 2. The van der Waals surface area contributed by atoms with E-state index in [1.165, 1.54) is 35.7 Å². The average Bonchev–Trinajstić information content (AvgIpc) is 2.88. The number of anilines is 3. The SMILES string of the molecule is Cc1nc(OC(=O)Nc2ccnc(Cl)c2)c(Nc2ccc(F)cc2)s1. The van der Waals surface area contributed by atoms with Crippen LogP contribution < -0.4 is 15.4 Å². The van der Waals surface area contributed by atoms with Gasteiger partial charge in [0.25, 0.3) is 5.88 Å². The molecule has 3 rings (SSSR count). The van der Waals surface area contributed by atoms with Crippen LogP contribution in [0.4, 0.5) is 25.6 Å². The van der Waals surface area contributed by atoms with E-state index in [1.54, 1.807) is 25.1 Å². The molecule has 2 heterocycles. The lowest BCUT2D eigenvalue weighted by Crippen LogP contribution is -2.17. The third-order valence-electron chi connectivity index (χ3n) is 2.97. The fraction of sp³-hybridized carbons (Fsp3) is 0.0625. The number of hydrogen-bond acceptors (Lipinski definition) is 6. The minimum atomic E-state index is -0.713. The van der Waals surface area contributed by atoms with Crippen LogP contribution in [0.2, 0.25) is 5.15 Å². The molecular formula is C16H12ClFN4O2S. The van der Waals surface area contributed by atoms with E-state index in [1.807, 2.05) is 0 Å². The van der Waals surface area contributed by atoms with Gasteiger partial charge in [-0.2, -0.15) is 0 Å². The molecular weight excluding hydrogens is 367 g/mol. The molecule has 1 aromatic carbocycles. The normalized spacial score (nSPS) is 10.4. The molecule has 0 spiro atoms. The molecule has 0 radical (unpaired) electrons. The fourth-order valence-corrected chi connectivity index (χ4v) is 2.87. The van der Waals surface area contributed by atoms with E-state index >= 15 is 0 Å². The third kappa shape index (κ3) is 4.65. The number of pyridine rings is 1. The number of halogens is 2. The van der Waals surface area contributed by atoms with Gasteiger partial charge >= 0.3 is 6.09 Å². The first-order valence-electron chi connectivity index (χ1n) is 7.10. The number of rotatable bonds is 4. The summed E-state index contributed by atoms with van der Waals surface area (Å²) >= 11 is 7.08.